The molecule has 0 saturated carbocycles. The molecular formula is C11H18ClN. The van der Waals surface area contributed by atoms with Crippen molar-refractivity contribution in [3.63, 3.8) is 0 Å². The number of allylic oxidation sites excluding steroid dienone is 3. The van der Waals surface area contributed by atoms with Crippen LogP contribution in [0.4, 0.5) is 0 Å². The van der Waals surface area contributed by atoms with Gasteiger partial charge < -0.3 is 5.32 Å². The number of rotatable bonds is 6. The Morgan fingerprint density at radius 1 is 1.62 bits per heavy atom. The minimum atomic E-state index is 0.139. The minimum absolute atomic E-state index is 0.139. The number of nitrogens with one attached hydrogen (secondary N) is 1. The van der Waals surface area contributed by atoms with E-state index >= 15 is 0 Å². The van der Waals surface area contributed by atoms with Gasteiger partial charge in [0.1, 0.15) is 0 Å². The third kappa shape index (κ3) is 7.66. The summed E-state index contributed by atoms with van der Waals surface area (Å²) in [5, 5.41) is 3.31. The Balaban J connectivity index is 3.74. The first-order valence-corrected chi connectivity index (χ1v) is 4.83. The first kappa shape index (κ1) is 12.3. The Labute approximate surface area is 86.2 Å². The fourth-order valence-electron chi connectivity index (χ4n) is 0.944. The van der Waals surface area contributed by atoms with Gasteiger partial charge in [-0.15, -0.1) is 11.6 Å². The van der Waals surface area contributed by atoms with Gasteiger partial charge in [-0.1, -0.05) is 30.9 Å². The monoisotopic (exact) mass is 199 g/mol. The van der Waals surface area contributed by atoms with Crippen molar-refractivity contribution in [3.05, 3.63) is 36.6 Å². The molecule has 1 nitrogen and oxygen atoms in total. The van der Waals surface area contributed by atoms with Crippen molar-refractivity contribution in [1.82, 2.24) is 5.32 Å². The van der Waals surface area contributed by atoms with Gasteiger partial charge in [-0.3, -0.25) is 0 Å². The molecule has 2 heteroatoms. The average molecular weight is 200 g/mol. The van der Waals surface area contributed by atoms with Crippen molar-refractivity contribution < 1.29 is 0 Å². The second-order valence-electron chi connectivity index (χ2n) is 3.19. The number of halogens is 1. The third-order valence-electron chi connectivity index (χ3n) is 1.53. The molecule has 0 aliphatic rings. The van der Waals surface area contributed by atoms with Crippen LogP contribution >= 0.6 is 11.6 Å². The highest BCUT2D eigenvalue weighted by Crippen LogP contribution is 2.06. The smallest absolute Gasteiger partial charge is 0.0480 e. The predicted molar refractivity (Wildman–Crippen MR) is 61.0 cm³/mol. The normalized spacial score (nSPS) is 13.6. The number of hydrogen-bond acceptors (Lipinski definition) is 1. The van der Waals surface area contributed by atoms with Crippen LogP contribution in [-0.4, -0.2) is 11.9 Å². The Morgan fingerprint density at radius 2 is 2.23 bits per heavy atom. The highest BCUT2D eigenvalue weighted by molar-refractivity contribution is 6.20. The van der Waals surface area contributed by atoms with Gasteiger partial charge >= 0.3 is 0 Å². The van der Waals surface area contributed by atoms with Gasteiger partial charge in [-0.25, -0.2) is 0 Å². The summed E-state index contributed by atoms with van der Waals surface area (Å²) in [6.07, 6.45) is 4.62. The van der Waals surface area contributed by atoms with E-state index in [4.69, 9.17) is 11.6 Å². The summed E-state index contributed by atoms with van der Waals surface area (Å²) in [7, 11) is 0. The van der Waals surface area contributed by atoms with Crippen LogP contribution in [0.5, 0.6) is 0 Å². The van der Waals surface area contributed by atoms with Crippen molar-refractivity contribution in [2.75, 3.05) is 6.54 Å². The summed E-state index contributed by atoms with van der Waals surface area (Å²) < 4.78 is 0. The van der Waals surface area contributed by atoms with E-state index in [0.29, 0.717) is 0 Å². The van der Waals surface area contributed by atoms with Crippen LogP contribution in [0.1, 0.15) is 20.3 Å². The minimum Gasteiger partial charge on any atom is -0.387 e. The molecule has 13 heavy (non-hydrogen) atoms. The summed E-state index contributed by atoms with van der Waals surface area (Å²) in [4.78, 5) is 0. The summed E-state index contributed by atoms with van der Waals surface area (Å²) >= 11 is 5.79. The Morgan fingerprint density at radius 3 is 2.69 bits per heavy atom. The van der Waals surface area contributed by atoms with E-state index < -0.39 is 0 Å². The molecule has 0 heterocycles. The molecular weight excluding hydrogens is 182 g/mol. The van der Waals surface area contributed by atoms with Gasteiger partial charge in [0.25, 0.3) is 0 Å². The zero-order chi connectivity index (χ0) is 10.3. The molecule has 74 valence electrons. The van der Waals surface area contributed by atoms with Gasteiger partial charge in [0, 0.05) is 24.0 Å². The van der Waals surface area contributed by atoms with E-state index in [9.17, 15) is 0 Å². The summed E-state index contributed by atoms with van der Waals surface area (Å²) in [5.41, 5.74) is 2.25. The highest BCUT2D eigenvalue weighted by Gasteiger charge is 1.97. The lowest BCUT2D eigenvalue weighted by molar-refractivity contribution is 0.756. The van der Waals surface area contributed by atoms with Crippen molar-refractivity contribution in [2.45, 2.75) is 25.6 Å². The number of hydrogen-bond donors (Lipinski definition) is 1. The molecule has 0 aromatic heterocycles. The van der Waals surface area contributed by atoms with Crippen molar-refractivity contribution >= 4 is 11.6 Å². The zero-order valence-corrected chi connectivity index (χ0v) is 9.19. The molecule has 0 fully saturated rings. The average Bonchev–Trinajstić information content (AvgIpc) is 2.01. The van der Waals surface area contributed by atoms with Crippen molar-refractivity contribution in [2.24, 2.45) is 0 Å². The summed E-state index contributed by atoms with van der Waals surface area (Å²) in [6.45, 7) is 12.3. The SMILES string of the molecule is C=C/C=C(\C)CC(=C)NCC(C)Cl. The van der Waals surface area contributed by atoms with Gasteiger partial charge in [0.05, 0.1) is 0 Å². The van der Waals surface area contributed by atoms with Crippen LogP contribution in [-0.2, 0) is 0 Å². The maximum Gasteiger partial charge on any atom is 0.0480 e. The second kappa shape index (κ2) is 6.79. The molecule has 1 N–H and O–H groups in total. The van der Waals surface area contributed by atoms with E-state index in [1.807, 2.05) is 13.0 Å². The molecule has 0 saturated heterocycles. The van der Waals surface area contributed by atoms with Gasteiger partial charge in [-0.2, -0.15) is 0 Å². The zero-order valence-electron chi connectivity index (χ0n) is 8.44. The largest absolute Gasteiger partial charge is 0.387 e. The van der Waals surface area contributed by atoms with E-state index in [-0.39, 0.29) is 5.38 Å². The van der Waals surface area contributed by atoms with E-state index in [1.54, 1.807) is 6.08 Å². The van der Waals surface area contributed by atoms with Crippen LogP contribution in [0.3, 0.4) is 0 Å². The van der Waals surface area contributed by atoms with Gasteiger partial charge in [0.2, 0.25) is 0 Å². The topological polar surface area (TPSA) is 12.0 Å². The van der Waals surface area contributed by atoms with Crippen LogP contribution in [0.15, 0.2) is 36.6 Å². The first-order chi connectivity index (χ1) is 6.06. The summed E-state index contributed by atoms with van der Waals surface area (Å²) in [6, 6.07) is 0. The second-order valence-corrected chi connectivity index (χ2v) is 3.94. The fourth-order valence-corrected chi connectivity index (χ4v) is 1.02. The summed E-state index contributed by atoms with van der Waals surface area (Å²) in [5.74, 6) is 0. The fraction of sp³-hybridized carbons (Fsp3) is 0.455. The standard InChI is InChI=1S/C11H18ClN/c1-5-6-9(2)7-11(4)13-8-10(3)12/h5-6,10,13H,1,4,7-8H2,2-3H3/b9-6+. The van der Waals surface area contributed by atoms with Crippen LogP contribution in [0.2, 0.25) is 0 Å². The maximum absolute atomic E-state index is 5.79. The van der Waals surface area contributed by atoms with Crippen LogP contribution in [0.25, 0.3) is 0 Å². The molecule has 1 atom stereocenters. The van der Waals surface area contributed by atoms with Gasteiger partial charge in [0.15, 0.2) is 0 Å². The first-order valence-electron chi connectivity index (χ1n) is 4.40. The predicted octanol–water partition coefficient (Wildman–Crippen LogP) is 3.24. The molecule has 0 aromatic carbocycles. The van der Waals surface area contributed by atoms with Crippen molar-refractivity contribution in [1.29, 1.82) is 0 Å². The quantitative estimate of drug-likeness (QED) is 0.512. The lowest BCUT2D eigenvalue weighted by Crippen LogP contribution is -2.20. The molecule has 1 unspecified atom stereocenters. The van der Waals surface area contributed by atoms with Gasteiger partial charge in [-0.05, 0) is 13.8 Å². The molecule has 0 spiro atoms. The molecule has 0 amide bonds. The molecule has 0 rings (SSSR count). The molecule has 0 bridgehead atoms. The molecule has 0 radical (unpaired) electrons. The lowest BCUT2D eigenvalue weighted by atomic mass is 10.1. The maximum atomic E-state index is 5.79. The highest BCUT2D eigenvalue weighted by atomic mass is 35.5. The molecule has 0 aliphatic carbocycles. The third-order valence-corrected chi connectivity index (χ3v) is 1.68. The number of alkyl halides is 1. The Kier molecular flexibility index (Phi) is 6.43. The Hall–Kier alpha value is -0.690. The molecule has 0 aliphatic heterocycles. The lowest BCUT2D eigenvalue weighted by Gasteiger charge is -2.10. The molecule has 0 aromatic rings. The van der Waals surface area contributed by atoms with Crippen molar-refractivity contribution in [3.8, 4) is 0 Å². The van der Waals surface area contributed by atoms with Crippen LogP contribution in [0, 0.1) is 0 Å². The van der Waals surface area contributed by atoms with E-state index in [0.717, 1.165) is 18.7 Å². The van der Waals surface area contributed by atoms with E-state index in [2.05, 4.69) is 25.4 Å². The Bertz CT molecular complexity index is 204. The van der Waals surface area contributed by atoms with E-state index in [1.165, 1.54) is 5.57 Å². The van der Waals surface area contributed by atoms with Crippen LogP contribution < -0.4 is 5.32 Å².